The highest BCUT2D eigenvalue weighted by Crippen LogP contribution is 2.25. The van der Waals surface area contributed by atoms with Crippen molar-refractivity contribution in [2.45, 2.75) is 24.0 Å². The Morgan fingerprint density at radius 3 is 2.88 bits per heavy atom. The van der Waals surface area contributed by atoms with Gasteiger partial charge in [0, 0.05) is 25.2 Å². The van der Waals surface area contributed by atoms with Crippen LogP contribution in [-0.4, -0.2) is 49.5 Å². The Kier molecular flexibility index (Phi) is 8.44. The fraction of sp³-hybridized carbons (Fsp3) is 0.471. The number of rotatable bonds is 11. The van der Waals surface area contributed by atoms with Crippen LogP contribution in [-0.2, 0) is 15.2 Å². The van der Waals surface area contributed by atoms with Crippen molar-refractivity contribution in [2.75, 3.05) is 33.5 Å². The Morgan fingerprint density at radius 1 is 1.28 bits per heavy atom. The lowest BCUT2D eigenvalue weighted by molar-refractivity contribution is 0.0688. The van der Waals surface area contributed by atoms with Crippen LogP contribution >= 0.6 is 11.8 Å². The Labute approximate surface area is 151 Å². The van der Waals surface area contributed by atoms with E-state index in [0.717, 1.165) is 11.3 Å². The van der Waals surface area contributed by atoms with Crippen LogP contribution in [0.5, 0.6) is 0 Å². The molecule has 1 amide bonds. The molecule has 0 spiro atoms. The molecule has 0 aliphatic rings. The van der Waals surface area contributed by atoms with E-state index in [2.05, 4.69) is 15.5 Å². The summed E-state index contributed by atoms with van der Waals surface area (Å²) >= 11 is 1.50. The maximum atomic E-state index is 12.4. The molecule has 1 N–H and O–H groups in total. The number of ether oxygens (including phenoxy) is 2. The van der Waals surface area contributed by atoms with Gasteiger partial charge in [-0.3, -0.25) is 4.79 Å². The summed E-state index contributed by atoms with van der Waals surface area (Å²) in [6, 6.07) is 7.48. The van der Waals surface area contributed by atoms with Crippen LogP contribution in [0.25, 0.3) is 0 Å². The van der Waals surface area contributed by atoms with E-state index in [9.17, 15) is 4.79 Å². The molecule has 2 aromatic rings. The summed E-state index contributed by atoms with van der Waals surface area (Å²) in [7, 11) is 1.64. The second-order valence-corrected chi connectivity index (χ2v) is 6.25. The number of hydrogen-bond donors (Lipinski definition) is 1. The Morgan fingerprint density at radius 2 is 2.12 bits per heavy atom. The van der Waals surface area contributed by atoms with Gasteiger partial charge in [-0.15, -0.1) is 11.8 Å². The zero-order chi connectivity index (χ0) is 17.9. The number of aryl methyl sites for hydroxylation is 1. The van der Waals surface area contributed by atoms with E-state index in [1.54, 1.807) is 14.0 Å². The molecular weight excluding hydrogens is 342 g/mol. The van der Waals surface area contributed by atoms with Gasteiger partial charge in [-0.1, -0.05) is 17.3 Å². The third-order valence-electron chi connectivity index (χ3n) is 3.24. The van der Waals surface area contributed by atoms with Crippen LogP contribution in [0.1, 0.15) is 28.5 Å². The minimum Gasteiger partial charge on any atom is -0.382 e. The van der Waals surface area contributed by atoms with Crippen molar-refractivity contribution >= 4 is 17.7 Å². The lowest BCUT2D eigenvalue weighted by atomic mass is 10.2. The van der Waals surface area contributed by atoms with Crippen molar-refractivity contribution in [3.63, 3.8) is 0 Å². The highest BCUT2D eigenvalue weighted by atomic mass is 32.2. The highest BCUT2D eigenvalue weighted by Gasteiger charge is 2.12. The van der Waals surface area contributed by atoms with E-state index >= 15 is 0 Å². The van der Waals surface area contributed by atoms with Crippen LogP contribution in [0, 0.1) is 6.92 Å². The third-order valence-corrected chi connectivity index (χ3v) is 4.29. The molecule has 0 aliphatic carbocycles. The Balaban J connectivity index is 1.79. The maximum absolute atomic E-state index is 12.4. The summed E-state index contributed by atoms with van der Waals surface area (Å²) in [6.45, 7) is 4.08. The minimum atomic E-state index is -0.0956. The molecule has 136 valence electrons. The van der Waals surface area contributed by atoms with E-state index in [4.69, 9.17) is 14.0 Å². The van der Waals surface area contributed by atoms with Crippen molar-refractivity contribution in [2.24, 2.45) is 0 Å². The lowest BCUT2D eigenvalue weighted by Crippen LogP contribution is -2.25. The topological polar surface area (TPSA) is 86.5 Å². The zero-order valence-corrected chi connectivity index (χ0v) is 15.3. The SMILES string of the molecule is COCCOCCCNC(=O)c1ccccc1SCc1nc(C)no1. The predicted molar refractivity (Wildman–Crippen MR) is 94.7 cm³/mol. The summed E-state index contributed by atoms with van der Waals surface area (Å²) in [6.07, 6.45) is 0.756. The van der Waals surface area contributed by atoms with Crippen LogP contribution in [0.3, 0.4) is 0 Å². The number of hydrogen-bond acceptors (Lipinski definition) is 7. The van der Waals surface area contributed by atoms with Gasteiger partial charge in [0.05, 0.1) is 24.5 Å². The number of thioether (sulfide) groups is 1. The van der Waals surface area contributed by atoms with E-state index in [0.29, 0.717) is 49.4 Å². The molecule has 0 saturated heterocycles. The molecule has 7 nitrogen and oxygen atoms in total. The van der Waals surface area contributed by atoms with Crippen LogP contribution in [0.2, 0.25) is 0 Å². The van der Waals surface area contributed by atoms with Crippen molar-refractivity contribution in [3.05, 3.63) is 41.5 Å². The smallest absolute Gasteiger partial charge is 0.252 e. The number of benzene rings is 1. The number of amides is 1. The molecule has 1 aromatic heterocycles. The van der Waals surface area contributed by atoms with Gasteiger partial charge in [-0.25, -0.2) is 0 Å². The standard InChI is InChI=1S/C17H23N3O4S/c1-13-19-16(24-20-13)12-25-15-7-4-3-6-14(15)17(21)18-8-5-9-23-11-10-22-2/h3-4,6-7H,5,8-12H2,1-2H3,(H,18,21). The lowest BCUT2D eigenvalue weighted by Gasteiger charge is -2.09. The number of methoxy groups -OCH3 is 1. The molecule has 1 aromatic carbocycles. The van der Waals surface area contributed by atoms with Crippen molar-refractivity contribution in [1.29, 1.82) is 0 Å². The van der Waals surface area contributed by atoms with E-state index in [1.165, 1.54) is 11.8 Å². The molecule has 8 heteroatoms. The maximum Gasteiger partial charge on any atom is 0.252 e. The molecule has 0 bridgehead atoms. The molecule has 0 radical (unpaired) electrons. The molecule has 2 rings (SSSR count). The molecule has 25 heavy (non-hydrogen) atoms. The third kappa shape index (κ3) is 6.85. The Bertz CT molecular complexity index is 663. The van der Waals surface area contributed by atoms with E-state index in [-0.39, 0.29) is 5.91 Å². The first-order chi connectivity index (χ1) is 12.2. The second-order valence-electron chi connectivity index (χ2n) is 5.23. The first kappa shape index (κ1) is 19.4. The summed E-state index contributed by atoms with van der Waals surface area (Å²) in [5.74, 6) is 1.58. The van der Waals surface area contributed by atoms with Gasteiger partial charge < -0.3 is 19.3 Å². The molecule has 0 atom stereocenters. The predicted octanol–water partition coefficient (Wildman–Crippen LogP) is 2.45. The van der Waals surface area contributed by atoms with E-state index < -0.39 is 0 Å². The van der Waals surface area contributed by atoms with Crippen LogP contribution < -0.4 is 5.32 Å². The summed E-state index contributed by atoms with van der Waals surface area (Å²) in [5.41, 5.74) is 0.643. The molecular formula is C17H23N3O4S. The number of aromatic nitrogens is 2. The quantitative estimate of drug-likeness (QED) is 0.483. The van der Waals surface area contributed by atoms with E-state index in [1.807, 2.05) is 24.3 Å². The molecule has 0 unspecified atom stereocenters. The van der Waals surface area contributed by atoms with Gasteiger partial charge in [-0.2, -0.15) is 4.98 Å². The van der Waals surface area contributed by atoms with Gasteiger partial charge >= 0.3 is 0 Å². The summed E-state index contributed by atoms with van der Waals surface area (Å²) in [4.78, 5) is 17.4. The molecule has 1 heterocycles. The first-order valence-electron chi connectivity index (χ1n) is 8.06. The second kappa shape index (κ2) is 10.9. The first-order valence-corrected chi connectivity index (χ1v) is 9.05. The summed E-state index contributed by atoms with van der Waals surface area (Å²) in [5, 5.41) is 6.68. The molecule has 0 saturated carbocycles. The van der Waals surface area contributed by atoms with Crippen LogP contribution in [0.4, 0.5) is 0 Å². The highest BCUT2D eigenvalue weighted by molar-refractivity contribution is 7.98. The molecule has 0 aliphatic heterocycles. The average molecular weight is 365 g/mol. The summed E-state index contributed by atoms with van der Waals surface area (Å²) < 4.78 is 15.4. The number of nitrogens with zero attached hydrogens (tertiary/aromatic N) is 2. The Hall–Kier alpha value is -1.90. The number of carbonyl (C=O) groups excluding carboxylic acids is 1. The monoisotopic (exact) mass is 365 g/mol. The fourth-order valence-electron chi connectivity index (χ4n) is 2.03. The van der Waals surface area contributed by atoms with Crippen molar-refractivity contribution < 1.29 is 18.8 Å². The molecule has 0 fully saturated rings. The fourth-order valence-corrected chi connectivity index (χ4v) is 2.92. The van der Waals surface area contributed by atoms with Gasteiger partial charge in [0.1, 0.15) is 0 Å². The van der Waals surface area contributed by atoms with Crippen molar-refractivity contribution in [1.82, 2.24) is 15.5 Å². The average Bonchev–Trinajstić information content (AvgIpc) is 3.04. The number of carbonyl (C=O) groups is 1. The van der Waals surface area contributed by atoms with Crippen molar-refractivity contribution in [3.8, 4) is 0 Å². The van der Waals surface area contributed by atoms with Gasteiger partial charge in [0.2, 0.25) is 5.89 Å². The van der Waals surface area contributed by atoms with Gasteiger partial charge in [0.15, 0.2) is 5.82 Å². The van der Waals surface area contributed by atoms with Gasteiger partial charge in [-0.05, 0) is 25.5 Å². The van der Waals surface area contributed by atoms with Crippen LogP contribution in [0.15, 0.2) is 33.7 Å². The largest absolute Gasteiger partial charge is 0.382 e. The minimum absolute atomic E-state index is 0.0956. The normalized spacial score (nSPS) is 10.8. The zero-order valence-electron chi connectivity index (χ0n) is 14.5. The number of nitrogens with one attached hydrogen (secondary N) is 1. The van der Waals surface area contributed by atoms with Gasteiger partial charge in [0.25, 0.3) is 5.91 Å².